The van der Waals surface area contributed by atoms with Crippen molar-refractivity contribution >= 4 is 23.3 Å². The topological polar surface area (TPSA) is 126 Å². The van der Waals surface area contributed by atoms with Gasteiger partial charge in [0.05, 0.1) is 17.9 Å². The first kappa shape index (κ1) is 24.8. The summed E-state index contributed by atoms with van der Waals surface area (Å²) < 4.78 is 5.38. The van der Waals surface area contributed by atoms with Gasteiger partial charge in [-0.15, -0.1) is 0 Å². The summed E-state index contributed by atoms with van der Waals surface area (Å²) in [6.07, 6.45) is 5.77. The summed E-state index contributed by atoms with van der Waals surface area (Å²) in [6, 6.07) is 12.3. The third-order valence-electron chi connectivity index (χ3n) is 6.90. The first-order valence-electron chi connectivity index (χ1n) is 12.8. The number of Topliss-reactive ketones (excluding diaryl/α,β-unsaturated/α-hetero) is 1. The van der Waals surface area contributed by atoms with Crippen molar-refractivity contribution in [3.05, 3.63) is 76.9 Å². The van der Waals surface area contributed by atoms with Crippen LogP contribution in [0, 0.1) is 5.92 Å². The van der Waals surface area contributed by atoms with Crippen LogP contribution in [0.4, 0.5) is 5.69 Å². The van der Waals surface area contributed by atoms with Crippen molar-refractivity contribution in [1.29, 1.82) is 0 Å². The smallest absolute Gasteiger partial charge is 0.273 e. The second-order valence-corrected chi connectivity index (χ2v) is 9.92. The van der Waals surface area contributed by atoms with Crippen molar-refractivity contribution in [2.75, 3.05) is 18.4 Å². The molecule has 0 spiro atoms. The van der Waals surface area contributed by atoms with Crippen LogP contribution in [0.2, 0.25) is 0 Å². The molecule has 3 aromatic rings. The second-order valence-electron chi connectivity index (χ2n) is 9.92. The number of hydrogen-bond acceptors (Lipinski definition) is 7. The summed E-state index contributed by atoms with van der Waals surface area (Å²) in [5.74, 6) is 0.852. The fraction of sp³-hybridized carbons (Fsp3) is 0.393. The van der Waals surface area contributed by atoms with Gasteiger partial charge in [0, 0.05) is 29.7 Å². The first-order chi connectivity index (χ1) is 18.0. The third-order valence-corrected chi connectivity index (χ3v) is 6.90. The van der Waals surface area contributed by atoms with Crippen molar-refractivity contribution in [2.24, 2.45) is 5.92 Å². The maximum Gasteiger partial charge on any atom is 0.273 e. The van der Waals surface area contributed by atoms with E-state index in [1.54, 1.807) is 30.5 Å². The molecular formula is C28H31N5O4. The van der Waals surface area contributed by atoms with Gasteiger partial charge in [0.1, 0.15) is 11.5 Å². The number of rotatable bonds is 9. The predicted octanol–water partition coefficient (Wildman–Crippen LogP) is 3.80. The lowest BCUT2D eigenvalue weighted by atomic mass is 9.85. The van der Waals surface area contributed by atoms with Crippen molar-refractivity contribution in [3.63, 3.8) is 0 Å². The molecule has 1 atom stereocenters. The van der Waals surface area contributed by atoms with Crippen molar-refractivity contribution in [3.8, 4) is 0 Å². The number of pyridine rings is 1. The first-order valence-corrected chi connectivity index (χ1v) is 12.8. The lowest BCUT2D eigenvalue weighted by Crippen LogP contribution is -2.39. The van der Waals surface area contributed by atoms with Crippen molar-refractivity contribution in [1.82, 2.24) is 20.8 Å². The molecule has 9 nitrogen and oxygen atoms in total. The zero-order valence-electron chi connectivity index (χ0n) is 20.8. The highest BCUT2D eigenvalue weighted by Gasteiger charge is 2.31. The molecule has 192 valence electrons. The number of carbonyl (C=O) groups excluding carboxylic acids is 3. The average molecular weight is 502 g/mol. The van der Waals surface area contributed by atoms with Crippen LogP contribution in [0.25, 0.3) is 0 Å². The lowest BCUT2D eigenvalue weighted by molar-refractivity contribution is -0.116. The maximum atomic E-state index is 13.1. The normalized spacial score (nSPS) is 16.7. The number of piperidine rings is 1. The van der Waals surface area contributed by atoms with Gasteiger partial charge in [-0.25, -0.2) is 0 Å². The molecular weight excluding hydrogens is 470 g/mol. The Hall–Kier alpha value is -3.85. The molecule has 37 heavy (non-hydrogen) atoms. The molecule has 2 amide bonds. The Morgan fingerprint density at radius 1 is 1.05 bits per heavy atom. The Balaban J connectivity index is 1.32. The van der Waals surface area contributed by atoms with Gasteiger partial charge in [-0.05, 0) is 81.4 Å². The maximum absolute atomic E-state index is 13.1. The minimum absolute atomic E-state index is 0.0309. The molecule has 3 N–H and O–H groups in total. The molecule has 1 saturated heterocycles. The number of amides is 2. The number of nitrogens with zero attached hydrogens (tertiary/aromatic N) is 2. The Kier molecular flexibility index (Phi) is 7.41. The molecule has 1 saturated carbocycles. The van der Waals surface area contributed by atoms with Crippen LogP contribution >= 0.6 is 0 Å². The van der Waals surface area contributed by atoms with Crippen LogP contribution in [0.5, 0.6) is 0 Å². The van der Waals surface area contributed by atoms with Crippen molar-refractivity contribution in [2.45, 2.75) is 51.0 Å². The largest absolute Gasteiger partial charge is 0.360 e. The zero-order chi connectivity index (χ0) is 25.8. The molecule has 1 aliphatic heterocycles. The summed E-state index contributed by atoms with van der Waals surface area (Å²) >= 11 is 0. The van der Waals surface area contributed by atoms with Gasteiger partial charge >= 0.3 is 0 Å². The van der Waals surface area contributed by atoms with E-state index in [-0.39, 0.29) is 41.7 Å². The molecule has 0 bridgehead atoms. The molecule has 2 aromatic heterocycles. The summed E-state index contributed by atoms with van der Waals surface area (Å²) in [7, 11) is 0. The SMILES string of the molecule is CC(=O)Cc1ccc(NC(=O)c2cccc(C(NC(=O)c3cc(C4CC4)on3)C3CCNCC3)c2)cn1. The van der Waals surface area contributed by atoms with E-state index in [9.17, 15) is 14.4 Å². The highest BCUT2D eigenvalue weighted by Crippen LogP contribution is 2.40. The molecule has 1 unspecified atom stereocenters. The van der Waals surface area contributed by atoms with Gasteiger partial charge in [0.25, 0.3) is 11.8 Å². The molecule has 0 radical (unpaired) electrons. The van der Waals surface area contributed by atoms with Gasteiger partial charge < -0.3 is 20.5 Å². The third kappa shape index (κ3) is 6.29. The fourth-order valence-corrected chi connectivity index (χ4v) is 4.76. The van der Waals surface area contributed by atoms with E-state index < -0.39 is 0 Å². The van der Waals surface area contributed by atoms with Crippen LogP contribution < -0.4 is 16.0 Å². The summed E-state index contributed by atoms with van der Waals surface area (Å²) in [5.41, 5.74) is 2.84. The highest BCUT2D eigenvalue weighted by atomic mass is 16.5. The Bertz CT molecular complexity index is 1280. The molecule has 2 fully saturated rings. The van der Waals surface area contributed by atoms with E-state index >= 15 is 0 Å². The van der Waals surface area contributed by atoms with E-state index in [0.29, 0.717) is 22.9 Å². The molecule has 5 rings (SSSR count). The molecule has 1 aromatic carbocycles. The molecule has 2 aliphatic rings. The monoisotopic (exact) mass is 501 g/mol. The van der Waals surface area contributed by atoms with Crippen LogP contribution in [0.1, 0.15) is 82.4 Å². The number of benzene rings is 1. The lowest BCUT2D eigenvalue weighted by Gasteiger charge is -2.31. The van der Waals surface area contributed by atoms with Gasteiger partial charge in [-0.3, -0.25) is 19.4 Å². The van der Waals surface area contributed by atoms with E-state index in [1.807, 2.05) is 18.2 Å². The van der Waals surface area contributed by atoms with Gasteiger partial charge in [-0.1, -0.05) is 17.3 Å². The van der Waals surface area contributed by atoms with E-state index in [4.69, 9.17) is 4.52 Å². The fourth-order valence-electron chi connectivity index (χ4n) is 4.76. The molecule has 1 aliphatic carbocycles. The molecule has 3 heterocycles. The average Bonchev–Trinajstić information content (AvgIpc) is 3.64. The van der Waals surface area contributed by atoms with Crippen LogP contribution in [-0.2, 0) is 11.2 Å². The van der Waals surface area contributed by atoms with Crippen LogP contribution in [0.15, 0.2) is 53.2 Å². The van der Waals surface area contributed by atoms with Gasteiger partial charge in [-0.2, -0.15) is 0 Å². The highest BCUT2D eigenvalue weighted by molar-refractivity contribution is 6.04. The summed E-state index contributed by atoms with van der Waals surface area (Å²) in [4.78, 5) is 41.7. The molecule has 9 heteroatoms. The van der Waals surface area contributed by atoms with Gasteiger partial charge in [0.15, 0.2) is 5.69 Å². The Morgan fingerprint density at radius 2 is 1.86 bits per heavy atom. The Morgan fingerprint density at radius 3 is 2.57 bits per heavy atom. The minimum Gasteiger partial charge on any atom is -0.360 e. The number of nitrogens with one attached hydrogen (secondary N) is 3. The standard InChI is InChI=1S/C28H31N5O4/c1-17(34)13-22-7-8-23(16-30-22)31-27(35)21-4-2-3-20(14-21)26(19-9-11-29-12-10-19)32-28(36)24-15-25(37-33-24)18-5-6-18/h2-4,7-8,14-16,18-19,26,29H,5-6,9-13H2,1H3,(H,31,35)(H,32,36). The summed E-state index contributed by atoms with van der Waals surface area (Å²) in [5, 5.41) is 13.4. The van der Waals surface area contributed by atoms with Gasteiger partial charge in [0.2, 0.25) is 0 Å². The second kappa shape index (κ2) is 11.0. The number of carbonyl (C=O) groups is 3. The number of hydrogen-bond donors (Lipinski definition) is 3. The van der Waals surface area contributed by atoms with E-state index in [2.05, 4.69) is 26.1 Å². The summed E-state index contributed by atoms with van der Waals surface area (Å²) in [6.45, 7) is 3.26. The Labute approximate surface area is 215 Å². The quantitative estimate of drug-likeness (QED) is 0.407. The van der Waals surface area contributed by atoms with E-state index in [0.717, 1.165) is 50.1 Å². The number of anilines is 1. The van der Waals surface area contributed by atoms with E-state index in [1.165, 1.54) is 6.92 Å². The minimum atomic E-state index is -0.274. The zero-order valence-corrected chi connectivity index (χ0v) is 20.8. The van der Waals surface area contributed by atoms with Crippen LogP contribution in [0.3, 0.4) is 0 Å². The number of aromatic nitrogens is 2. The number of ketones is 1. The predicted molar refractivity (Wildman–Crippen MR) is 137 cm³/mol. The van der Waals surface area contributed by atoms with Crippen molar-refractivity contribution < 1.29 is 18.9 Å². The van der Waals surface area contributed by atoms with Crippen LogP contribution in [-0.4, -0.2) is 40.8 Å².